The van der Waals surface area contributed by atoms with Crippen LogP contribution in [-0.4, -0.2) is 39.7 Å². The van der Waals surface area contributed by atoms with Gasteiger partial charge in [0.2, 0.25) is 5.16 Å². The zero-order valence-electron chi connectivity index (χ0n) is 11.9. The van der Waals surface area contributed by atoms with Crippen LogP contribution in [0.5, 0.6) is 0 Å². The lowest BCUT2D eigenvalue weighted by molar-refractivity contribution is 0.602. The third-order valence-corrected chi connectivity index (χ3v) is 5.04. The Morgan fingerprint density at radius 1 is 1.09 bits per heavy atom. The molecule has 0 radical (unpaired) electrons. The number of rotatable bonds is 3. The van der Waals surface area contributed by atoms with Gasteiger partial charge in [0.1, 0.15) is 0 Å². The van der Waals surface area contributed by atoms with E-state index in [-0.39, 0.29) is 10.1 Å². The van der Waals surface area contributed by atoms with Crippen molar-refractivity contribution in [2.24, 2.45) is 0 Å². The second-order valence-corrected chi connectivity index (χ2v) is 8.14. The number of benzene rings is 1. The van der Waals surface area contributed by atoms with E-state index in [1.54, 1.807) is 35.0 Å². The van der Waals surface area contributed by atoms with Gasteiger partial charge in [0.15, 0.2) is 9.84 Å². The maximum atomic E-state index is 11.5. The molecule has 0 saturated carbocycles. The Balaban J connectivity index is 2.13. The van der Waals surface area contributed by atoms with Gasteiger partial charge in [-0.2, -0.15) is 0 Å². The predicted octanol–water partition coefficient (Wildman–Crippen LogP) is 1.54. The first-order chi connectivity index (χ1) is 10.4. The highest BCUT2D eigenvalue weighted by atomic mass is 32.2. The van der Waals surface area contributed by atoms with Crippen LogP contribution in [0.4, 0.5) is 0 Å². The van der Waals surface area contributed by atoms with Gasteiger partial charge in [-0.1, -0.05) is 12.1 Å². The van der Waals surface area contributed by atoms with Gasteiger partial charge in [0, 0.05) is 18.1 Å². The lowest BCUT2D eigenvalue weighted by atomic mass is 10.2. The minimum atomic E-state index is -3.22. The quantitative estimate of drug-likeness (QED) is 0.725. The molecule has 3 aromatic rings. The number of aromatic nitrogens is 3. The minimum Gasteiger partial charge on any atom is -0.251 e. The Bertz CT molecular complexity index is 976. The molecule has 0 bridgehead atoms. The van der Waals surface area contributed by atoms with Gasteiger partial charge >= 0.3 is 0 Å². The number of hydrogen-bond acceptors (Lipinski definition) is 5. The molecule has 6 nitrogen and oxygen atoms in total. The van der Waals surface area contributed by atoms with E-state index in [0.29, 0.717) is 0 Å². The number of nitrogens with zero attached hydrogens (tertiary/aromatic N) is 3. The van der Waals surface area contributed by atoms with E-state index in [0.717, 1.165) is 16.8 Å². The van der Waals surface area contributed by atoms with Crippen LogP contribution in [0.25, 0.3) is 16.8 Å². The van der Waals surface area contributed by atoms with Crippen molar-refractivity contribution in [3.63, 3.8) is 0 Å². The molecule has 2 aromatic heterocycles. The molecule has 22 heavy (non-hydrogen) atoms. The van der Waals surface area contributed by atoms with E-state index in [1.807, 2.05) is 12.1 Å². The number of fused-ring (bicyclic) bond motifs is 1. The molecule has 1 atom stereocenters. The van der Waals surface area contributed by atoms with E-state index in [2.05, 4.69) is 10.1 Å². The molecule has 0 saturated heterocycles. The molecule has 0 spiro atoms. The smallest absolute Gasteiger partial charge is 0.237 e. The minimum absolute atomic E-state index is 0.248. The van der Waals surface area contributed by atoms with Gasteiger partial charge < -0.3 is 0 Å². The molecule has 2 heterocycles. The molecule has 8 heteroatoms. The summed E-state index contributed by atoms with van der Waals surface area (Å²) < 4.78 is 36.2. The fourth-order valence-corrected chi connectivity index (χ4v) is 3.14. The Labute approximate surface area is 130 Å². The summed E-state index contributed by atoms with van der Waals surface area (Å²) in [6, 6.07) is 10.3. The maximum Gasteiger partial charge on any atom is 0.237 e. The van der Waals surface area contributed by atoms with Crippen LogP contribution in [0.15, 0.2) is 52.6 Å². The molecule has 1 aromatic carbocycles. The SMILES string of the molecule is CS(=O)c1ncc2ccc(-c3ccc(S(C)(=O)=O)cc3)n2n1. The standard InChI is InChI=1S/C14H13N3O3S2/c1-21(18)14-15-9-11-5-8-13(17(11)16-14)10-3-6-12(7-4-10)22(2,19)20/h3-9H,1-2H3. The van der Waals surface area contributed by atoms with Crippen LogP contribution in [-0.2, 0) is 20.6 Å². The predicted molar refractivity (Wildman–Crippen MR) is 83.9 cm³/mol. The van der Waals surface area contributed by atoms with Crippen LogP contribution < -0.4 is 0 Å². The van der Waals surface area contributed by atoms with Crippen LogP contribution in [0, 0.1) is 0 Å². The van der Waals surface area contributed by atoms with Crippen LogP contribution in [0.2, 0.25) is 0 Å². The average Bonchev–Trinajstić information content (AvgIpc) is 2.89. The van der Waals surface area contributed by atoms with Gasteiger partial charge in [-0.05, 0) is 24.3 Å². The molecule has 0 aliphatic heterocycles. The van der Waals surface area contributed by atoms with Gasteiger partial charge in [0.25, 0.3) is 0 Å². The lowest BCUT2D eigenvalue weighted by Gasteiger charge is -2.04. The highest BCUT2D eigenvalue weighted by Gasteiger charge is 2.11. The Hall–Kier alpha value is -2.06. The summed E-state index contributed by atoms with van der Waals surface area (Å²) in [5.41, 5.74) is 2.37. The summed E-state index contributed by atoms with van der Waals surface area (Å²) in [5.74, 6) is 0. The van der Waals surface area contributed by atoms with Crippen molar-refractivity contribution in [1.29, 1.82) is 0 Å². The molecule has 1 unspecified atom stereocenters. The first-order valence-corrected chi connectivity index (χ1v) is 9.80. The number of hydrogen-bond donors (Lipinski definition) is 0. The zero-order valence-corrected chi connectivity index (χ0v) is 13.6. The van der Waals surface area contributed by atoms with E-state index in [4.69, 9.17) is 0 Å². The highest BCUT2D eigenvalue weighted by Crippen LogP contribution is 2.23. The fraction of sp³-hybridized carbons (Fsp3) is 0.143. The highest BCUT2D eigenvalue weighted by molar-refractivity contribution is 7.90. The van der Waals surface area contributed by atoms with E-state index in [9.17, 15) is 12.6 Å². The normalized spacial score (nSPS) is 13.4. The fourth-order valence-electron chi connectivity index (χ4n) is 2.11. The third-order valence-electron chi connectivity index (χ3n) is 3.21. The van der Waals surface area contributed by atoms with Gasteiger partial charge in [0.05, 0.1) is 33.1 Å². The molecule has 0 amide bonds. The van der Waals surface area contributed by atoms with Crippen molar-refractivity contribution in [3.8, 4) is 11.3 Å². The summed E-state index contributed by atoms with van der Waals surface area (Å²) in [6.45, 7) is 0. The molecule has 0 aliphatic carbocycles. The summed E-state index contributed by atoms with van der Waals surface area (Å²) >= 11 is 0. The second kappa shape index (κ2) is 5.29. The maximum absolute atomic E-state index is 11.5. The molecule has 0 aliphatic rings. The third kappa shape index (κ3) is 2.67. The zero-order chi connectivity index (χ0) is 15.9. The lowest BCUT2D eigenvalue weighted by Crippen LogP contribution is -2.03. The summed E-state index contributed by atoms with van der Waals surface area (Å²) in [5, 5.41) is 4.52. The first-order valence-electron chi connectivity index (χ1n) is 6.35. The van der Waals surface area contributed by atoms with E-state index in [1.165, 1.54) is 12.5 Å². The van der Waals surface area contributed by atoms with E-state index < -0.39 is 20.6 Å². The monoisotopic (exact) mass is 335 g/mol. The topological polar surface area (TPSA) is 81.4 Å². The molecular weight excluding hydrogens is 322 g/mol. The van der Waals surface area contributed by atoms with Crippen molar-refractivity contribution in [1.82, 2.24) is 14.6 Å². The Morgan fingerprint density at radius 2 is 1.77 bits per heavy atom. The Morgan fingerprint density at radius 3 is 2.36 bits per heavy atom. The van der Waals surface area contributed by atoms with Gasteiger partial charge in [-0.15, -0.1) is 5.10 Å². The van der Waals surface area contributed by atoms with Crippen LogP contribution in [0.3, 0.4) is 0 Å². The second-order valence-electron chi connectivity index (χ2n) is 4.85. The van der Waals surface area contributed by atoms with Crippen LogP contribution in [0.1, 0.15) is 0 Å². The summed E-state index contributed by atoms with van der Waals surface area (Å²) in [4.78, 5) is 4.31. The molecule has 0 fully saturated rings. The molecule has 3 rings (SSSR count). The molecular formula is C14H13N3O3S2. The van der Waals surface area contributed by atoms with Crippen LogP contribution >= 0.6 is 0 Å². The average molecular weight is 335 g/mol. The van der Waals surface area contributed by atoms with Crippen molar-refractivity contribution < 1.29 is 12.6 Å². The van der Waals surface area contributed by atoms with Gasteiger partial charge in [-0.3, -0.25) is 4.21 Å². The Kier molecular flexibility index (Phi) is 3.57. The number of sulfone groups is 1. The summed E-state index contributed by atoms with van der Waals surface area (Å²) in [7, 11) is -4.49. The first kappa shape index (κ1) is 14.9. The van der Waals surface area contributed by atoms with Crippen molar-refractivity contribution in [2.75, 3.05) is 12.5 Å². The summed E-state index contributed by atoms with van der Waals surface area (Å²) in [6.07, 6.45) is 4.30. The van der Waals surface area contributed by atoms with Crippen molar-refractivity contribution in [2.45, 2.75) is 10.1 Å². The van der Waals surface area contributed by atoms with Crippen molar-refractivity contribution in [3.05, 3.63) is 42.6 Å². The molecule has 0 N–H and O–H groups in total. The van der Waals surface area contributed by atoms with Gasteiger partial charge in [-0.25, -0.2) is 17.9 Å². The largest absolute Gasteiger partial charge is 0.251 e. The van der Waals surface area contributed by atoms with Crippen molar-refractivity contribution >= 4 is 26.2 Å². The molecule has 114 valence electrons. The van der Waals surface area contributed by atoms with E-state index >= 15 is 0 Å².